The number of aromatic nitrogens is 1. The number of nitriles is 1. The van der Waals surface area contributed by atoms with Gasteiger partial charge in [-0.2, -0.15) is 9.65 Å². The number of nitrogens with zero attached hydrogens (tertiary/aromatic N) is 2. The predicted octanol–water partition coefficient (Wildman–Crippen LogP) is 2.98. The topological polar surface area (TPSA) is 48.7 Å². The zero-order chi connectivity index (χ0) is 13.8. The van der Waals surface area contributed by atoms with Crippen LogP contribution in [0.2, 0.25) is 0 Å². The summed E-state index contributed by atoms with van der Waals surface area (Å²) in [6.45, 7) is -0.195. The molecular weight excluding hydrogens is 255 g/mol. The fraction of sp³-hybridized carbons (Fsp3) is 0.0769. The number of benzene rings is 1. The van der Waals surface area contributed by atoms with E-state index in [0.717, 1.165) is 18.2 Å². The molecule has 0 fully saturated rings. The van der Waals surface area contributed by atoms with Crippen molar-refractivity contribution >= 4 is 5.82 Å². The minimum absolute atomic E-state index is 0.0948. The molecule has 19 heavy (non-hydrogen) atoms. The first kappa shape index (κ1) is 12.9. The van der Waals surface area contributed by atoms with Crippen LogP contribution in [0.15, 0.2) is 30.3 Å². The molecule has 1 aromatic carbocycles. The molecule has 6 heteroatoms. The van der Waals surface area contributed by atoms with Gasteiger partial charge >= 0.3 is 0 Å². The Morgan fingerprint density at radius 2 is 1.84 bits per heavy atom. The third kappa shape index (κ3) is 3.01. The highest BCUT2D eigenvalue weighted by molar-refractivity contribution is 5.38. The highest BCUT2D eigenvalue weighted by Crippen LogP contribution is 2.16. The Balaban J connectivity index is 2.18. The van der Waals surface area contributed by atoms with E-state index >= 15 is 0 Å². The van der Waals surface area contributed by atoms with E-state index in [4.69, 9.17) is 5.26 Å². The number of halogens is 3. The lowest BCUT2D eigenvalue weighted by atomic mass is 10.1. The summed E-state index contributed by atoms with van der Waals surface area (Å²) in [7, 11) is 0. The van der Waals surface area contributed by atoms with Crippen molar-refractivity contribution in [3.63, 3.8) is 0 Å². The lowest BCUT2D eigenvalue weighted by Crippen LogP contribution is -2.06. The summed E-state index contributed by atoms with van der Waals surface area (Å²) in [6.07, 6.45) is 0. The average Bonchev–Trinajstić information content (AvgIpc) is 2.37. The molecule has 0 aliphatic rings. The van der Waals surface area contributed by atoms with Crippen molar-refractivity contribution in [2.24, 2.45) is 0 Å². The van der Waals surface area contributed by atoms with E-state index in [0.29, 0.717) is 0 Å². The van der Waals surface area contributed by atoms with Crippen LogP contribution in [0.5, 0.6) is 0 Å². The SMILES string of the molecule is N#Cc1cc(F)c(CNc2cccc(F)n2)c(F)c1. The Hall–Kier alpha value is -2.55. The maximum atomic E-state index is 13.6. The van der Waals surface area contributed by atoms with Gasteiger partial charge < -0.3 is 5.32 Å². The summed E-state index contributed by atoms with van der Waals surface area (Å²) in [6, 6.07) is 7.60. The largest absolute Gasteiger partial charge is 0.366 e. The maximum Gasteiger partial charge on any atom is 0.214 e. The average molecular weight is 263 g/mol. The van der Waals surface area contributed by atoms with E-state index in [1.807, 2.05) is 0 Å². The van der Waals surface area contributed by atoms with E-state index in [2.05, 4.69) is 10.3 Å². The van der Waals surface area contributed by atoms with E-state index in [1.165, 1.54) is 12.1 Å². The Bertz CT molecular complexity index is 627. The van der Waals surface area contributed by atoms with Crippen LogP contribution in [0.3, 0.4) is 0 Å². The zero-order valence-electron chi connectivity index (χ0n) is 9.62. The number of rotatable bonds is 3. The van der Waals surface area contributed by atoms with Crippen molar-refractivity contribution in [2.45, 2.75) is 6.54 Å². The first-order chi connectivity index (χ1) is 9.10. The molecule has 2 aromatic rings. The van der Waals surface area contributed by atoms with Crippen molar-refractivity contribution in [1.29, 1.82) is 5.26 Å². The van der Waals surface area contributed by atoms with Gasteiger partial charge in [-0.3, -0.25) is 0 Å². The van der Waals surface area contributed by atoms with E-state index < -0.39 is 17.6 Å². The van der Waals surface area contributed by atoms with Crippen LogP contribution in [0, 0.1) is 28.9 Å². The molecule has 1 N–H and O–H groups in total. The highest BCUT2D eigenvalue weighted by atomic mass is 19.1. The summed E-state index contributed by atoms with van der Waals surface area (Å²) >= 11 is 0. The van der Waals surface area contributed by atoms with Crippen molar-refractivity contribution in [3.05, 3.63) is 59.0 Å². The molecule has 0 amide bonds. The number of pyridine rings is 1. The number of anilines is 1. The Kier molecular flexibility index (Phi) is 3.66. The summed E-state index contributed by atoms with van der Waals surface area (Å²) in [5.74, 6) is -2.19. The monoisotopic (exact) mass is 263 g/mol. The number of hydrogen-bond acceptors (Lipinski definition) is 3. The molecule has 0 aliphatic carbocycles. The fourth-order valence-electron chi connectivity index (χ4n) is 1.52. The third-order valence-corrected chi connectivity index (χ3v) is 2.43. The fourth-order valence-corrected chi connectivity index (χ4v) is 1.52. The van der Waals surface area contributed by atoms with Gasteiger partial charge in [-0.05, 0) is 24.3 Å². The second kappa shape index (κ2) is 5.40. The maximum absolute atomic E-state index is 13.6. The molecular formula is C13H8F3N3. The van der Waals surface area contributed by atoms with Gasteiger partial charge in [0, 0.05) is 12.1 Å². The summed E-state index contributed by atoms with van der Waals surface area (Å²) in [4.78, 5) is 3.51. The predicted molar refractivity (Wildman–Crippen MR) is 62.6 cm³/mol. The van der Waals surface area contributed by atoms with Gasteiger partial charge in [-0.1, -0.05) is 6.07 Å². The Morgan fingerprint density at radius 3 is 2.42 bits per heavy atom. The van der Waals surface area contributed by atoms with Crippen LogP contribution in [0.25, 0.3) is 0 Å². The van der Waals surface area contributed by atoms with Gasteiger partial charge in [-0.15, -0.1) is 0 Å². The second-order valence-corrected chi connectivity index (χ2v) is 3.73. The molecule has 0 spiro atoms. The number of hydrogen-bond donors (Lipinski definition) is 1. The first-order valence-electron chi connectivity index (χ1n) is 5.34. The second-order valence-electron chi connectivity index (χ2n) is 3.73. The molecule has 96 valence electrons. The van der Waals surface area contributed by atoms with E-state index in [9.17, 15) is 13.2 Å². The van der Waals surface area contributed by atoms with Crippen molar-refractivity contribution in [1.82, 2.24) is 4.98 Å². The van der Waals surface area contributed by atoms with Crippen LogP contribution < -0.4 is 5.32 Å². The van der Waals surface area contributed by atoms with Gasteiger partial charge in [0.05, 0.1) is 11.6 Å². The molecule has 1 heterocycles. The van der Waals surface area contributed by atoms with E-state index in [1.54, 1.807) is 6.07 Å². The van der Waals surface area contributed by atoms with Crippen LogP contribution >= 0.6 is 0 Å². The van der Waals surface area contributed by atoms with Crippen LogP contribution in [0.1, 0.15) is 11.1 Å². The molecule has 0 unspecified atom stereocenters. The van der Waals surface area contributed by atoms with Gasteiger partial charge in [0.1, 0.15) is 17.5 Å². The quantitative estimate of drug-likeness (QED) is 0.866. The standard InChI is InChI=1S/C13H8F3N3/c14-10-4-8(6-17)5-11(15)9(10)7-18-13-3-1-2-12(16)19-13/h1-5H,7H2,(H,18,19). The van der Waals surface area contributed by atoms with Crippen LogP contribution in [-0.2, 0) is 6.54 Å². The Labute approximate surface area is 107 Å². The zero-order valence-corrected chi connectivity index (χ0v) is 9.62. The first-order valence-corrected chi connectivity index (χ1v) is 5.34. The van der Waals surface area contributed by atoms with E-state index in [-0.39, 0.29) is 23.5 Å². The van der Waals surface area contributed by atoms with Crippen molar-refractivity contribution in [3.8, 4) is 6.07 Å². The molecule has 0 bridgehead atoms. The van der Waals surface area contributed by atoms with Gasteiger partial charge in [0.2, 0.25) is 5.95 Å². The molecule has 0 radical (unpaired) electrons. The smallest absolute Gasteiger partial charge is 0.214 e. The van der Waals surface area contributed by atoms with Crippen LogP contribution in [-0.4, -0.2) is 4.98 Å². The Morgan fingerprint density at radius 1 is 1.16 bits per heavy atom. The van der Waals surface area contributed by atoms with Crippen molar-refractivity contribution < 1.29 is 13.2 Å². The molecule has 3 nitrogen and oxygen atoms in total. The lowest BCUT2D eigenvalue weighted by Gasteiger charge is -2.08. The van der Waals surface area contributed by atoms with Gasteiger partial charge in [0.15, 0.2) is 0 Å². The molecule has 0 saturated carbocycles. The van der Waals surface area contributed by atoms with Gasteiger partial charge in [-0.25, -0.2) is 13.8 Å². The van der Waals surface area contributed by atoms with Gasteiger partial charge in [0.25, 0.3) is 0 Å². The summed E-state index contributed by atoms with van der Waals surface area (Å²) in [5, 5.41) is 11.2. The summed E-state index contributed by atoms with van der Waals surface area (Å²) in [5.41, 5.74) is -0.326. The number of nitrogens with one attached hydrogen (secondary N) is 1. The lowest BCUT2D eigenvalue weighted by molar-refractivity contribution is 0.558. The minimum atomic E-state index is -0.833. The molecule has 0 aliphatic heterocycles. The molecule has 2 rings (SSSR count). The molecule has 0 atom stereocenters. The molecule has 1 aromatic heterocycles. The normalized spacial score (nSPS) is 10.0. The molecule has 0 saturated heterocycles. The van der Waals surface area contributed by atoms with Crippen molar-refractivity contribution in [2.75, 3.05) is 5.32 Å². The third-order valence-electron chi connectivity index (χ3n) is 2.43. The minimum Gasteiger partial charge on any atom is -0.366 e. The van der Waals surface area contributed by atoms with Crippen LogP contribution in [0.4, 0.5) is 19.0 Å². The summed E-state index contributed by atoms with van der Waals surface area (Å²) < 4.78 is 39.9. The highest BCUT2D eigenvalue weighted by Gasteiger charge is 2.11.